The molecular weight excluding hydrogens is 806 g/mol. The molecule has 0 aromatic rings. The lowest BCUT2D eigenvalue weighted by Crippen LogP contribution is -2.37. The average Bonchev–Trinajstić information content (AvgIpc) is 3.24. The third-order valence-electron chi connectivity index (χ3n) is 10.8. The molecule has 9 heteroatoms. The molecule has 0 N–H and O–H groups in total. The fraction of sp³-hybridized carbons (Fsp3) is 0.759. The summed E-state index contributed by atoms with van der Waals surface area (Å²) >= 11 is 0. The Bertz CT molecular complexity index is 1230. The van der Waals surface area contributed by atoms with Gasteiger partial charge in [0.05, 0.1) is 34.4 Å². The van der Waals surface area contributed by atoms with Gasteiger partial charge in [-0.25, -0.2) is 0 Å². The SMILES string of the molecule is CC/C=C\C/C=C\C/C=C\C/C=C\C/C=C\C/C=C\CCCOCC(COP(=O)([O-])OCC[N+](C)(C)C)OC(=O)CCCCCCCCCCCCCCCCCCCCCCC. The summed E-state index contributed by atoms with van der Waals surface area (Å²) in [6.07, 6.45) is 60.9. The van der Waals surface area contributed by atoms with Crippen molar-refractivity contribution in [3.8, 4) is 0 Å². The Labute approximate surface area is 389 Å². The molecule has 63 heavy (non-hydrogen) atoms. The molecule has 0 aliphatic rings. The number of rotatable bonds is 47. The van der Waals surface area contributed by atoms with E-state index >= 15 is 0 Å². The molecular formula is C54H98NO7P. The quantitative estimate of drug-likeness (QED) is 0.0197. The first-order valence-corrected chi connectivity index (χ1v) is 27.1. The van der Waals surface area contributed by atoms with Crippen molar-refractivity contribution < 1.29 is 37.3 Å². The number of unbranched alkanes of at least 4 members (excludes halogenated alkanes) is 21. The lowest BCUT2D eigenvalue weighted by Gasteiger charge is -2.28. The number of phosphoric acid groups is 1. The van der Waals surface area contributed by atoms with Crippen LogP contribution in [-0.2, 0) is 27.9 Å². The molecule has 2 atom stereocenters. The van der Waals surface area contributed by atoms with E-state index in [1.165, 1.54) is 116 Å². The third-order valence-corrected chi connectivity index (χ3v) is 11.7. The maximum absolute atomic E-state index is 12.7. The summed E-state index contributed by atoms with van der Waals surface area (Å²) in [6, 6.07) is 0. The molecule has 0 saturated heterocycles. The number of quaternary nitrogens is 1. The van der Waals surface area contributed by atoms with E-state index in [9.17, 15) is 14.3 Å². The minimum Gasteiger partial charge on any atom is -0.756 e. The summed E-state index contributed by atoms with van der Waals surface area (Å²) in [5.74, 6) is -0.352. The Hall–Kier alpha value is -2.06. The zero-order valence-corrected chi connectivity index (χ0v) is 42.4. The van der Waals surface area contributed by atoms with Crippen molar-refractivity contribution in [1.29, 1.82) is 0 Å². The van der Waals surface area contributed by atoms with Crippen LogP contribution in [0.1, 0.15) is 206 Å². The Morgan fingerprint density at radius 1 is 0.508 bits per heavy atom. The standard InChI is InChI=1S/C54H98NO7P/c1-6-8-10-12-14-16-18-20-22-24-26-28-29-31-33-35-37-39-41-43-45-47-54(56)62-53(52-61-63(57,58)60-50-48-55(3,4)5)51-59-49-46-44-42-40-38-36-34-32-30-27-25-23-21-19-17-15-13-11-9-7-2/h9,11,15,17,21,23,27,30,34,36,40,42,53H,6-8,10,12-14,16,18-20,22,24-26,28-29,31-33,35,37-39,41,43-52H2,1-5H3/b11-9-,17-15-,23-21-,30-27-,36-34-,42-40-. The molecule has 0 aliphatic carbocycles. The van der Waals surface area contributed by atoms with Crippen LogP contribution in [0.25, 0.3) is 0 Å². The molecule has 0 radical (unpaired) electrons. The minimum atomic E-state index is -4.55. The van der Waals surface area contributed by atoms with Gasteiger partial charge >= 0.3 is 5.97 Å². The highest BCUT2D eigenvalue weighted by atomic mass is 31.2. The normalized spacial score (nSPS) is 14.2. The Balaban J connectivity index is 4.23. The Kier molecular flexibility index (Phi) is 44.9. The van der Waals surface area contributed by atoms with Crippen LogP contribution in [0, 0.1) is 0 Å². The molecule has 0 fully saturated rings. The van der Waals surface area contributed by atoms with Gasteiger partial charge in [0.2, 0.25) is 0 Å². The van der Waals surface area contributed by atoms with Gasteiger partial charge in [-0.3, -0.25) is 9.36 Å². The highest BCUT2D eigenvalue weighted by Gasteiger charge is 2.20. The average molecular weight is 904 g/mol. The first-order valence-electron chi connectivity index (χ1n) is 25.7. The molecule has 366 valence electrons. The van der Waals surface area contributed by atoms with Crippen molar-refractivity contribution in [2.24, 2.45) is 0 Å². The summed E-state index contributed by atoms with van der Waals surface area (Å²) in [7, 11) is 1.32. The first-order chi connectivity index (χ1) is 30.6. The van der Waals surface area contributed by atoms with Gasteiger partial charge < -0.3 is 27.9 Å². The smallest absolute Gasteiger partial charge is 0.306 e. The zero-order chi connectivity index (χ0) is 46.2. The van der Waals surface area contributed by atoms with E-state index in [-0.39, 0.29) is 25.8 Å². The van der Waals surface area contributed by atoms with E-state index in [1.54, 1.807) is 0 Å². The number of phosphoric ester groups is 1. The van der Waals surface area contributed by atoms with Gasteiger partial charge in [0.1, 0.15) is 19.3 Å². The second-order valence-electron chi connectivity index (χ2n) is 18.2. The largest absolute Gasteiger partial charge is 0.756 e. The van der Waals surface area contributed by atoms with Crippen LogP contribution < -0.4 is 4.89 Å². The molecule has 8 nitrogen and oxygen atoms in total. The molecule has 0 aromatic heterocycles. The second kappa shape index (κ2) is 46.5. The molecule has 0 rings (SSSR count). The van der Waals surface area contributed by atoms with Crippen molar-refractivity contribution in [2.75, 3.05) is 54.1 Å². The van der Waals surface area contributed by atoms with Crippen LogP contribution in [0.4, 0.5) is 0 Å². The third kappa shape index (κ3) is 50.8. The number of carbonyl (C=O) groups excluding carboxylic acids is 1. The van der Waals surface area contributed by atoms with Gasteiger partial charge in [0.25, 0.3) is 7.82 Å². The van der Waals surface area contributed by atoms with Gasteiger partial charge in [-0.2, -0.15) is 0 Å². The van der Waals surface area contributed by atoms with E-state index in [0.29, 0.717) is 24.1 Å². The summed E-state index contributed by atoms with van der Waals surface area (Å²) in [5, 5.41) is 0. The first kappa shape index (κ1) is 60.9. The summed E-state index contributed by atoms with van der Waals surface area (Å²) in [5.41, 5.74) is 0. The molecule has 0 bridgehead atoms. The van der Waals surface area contributed by atoms with Gasteiger partial charge in [-0.1, -0.05) is 215 Å². The molecule has 0 heterocycles. The van der Waals surface area contributed by atoms with Crippen LogP contribution in [0.5, 0.6) is 0 Å². The van der Waals surface area contributed by atoms with Crippen molar-refractivity contribution in [3.05, 3.63) is 72.9 Å². The maximum atomic E-state index is 12.7. The van der Waals surface area contributed by atoms with Crippen LogP contribution in [-0.4, -0.2) is 70.7 Å². The summed E-state index contributed by atoms with van der Waals surface area (Å²) in [6.45, 7) is 5.16. The highest BCUT2D eigenvalue weighted by molar-refractivity contribution is 7.45. The highest BCUT2D eigenvalue weighted by Crippen LogP contribution is 2.38. The van der Waals surface area contributed by atoms with E-state index in [2.05, 4.69) is 86.8 Å². The van der Waals surface area contributed by atoms with Crippen molar-refractivity contribution in [3.63, 3.8) is 0 Å². The van der Waals surface area contributed by atoms with Crippen molar-refractivity contribution >= 4 is 13.8 Å². The fourth-order valence-corrected chi connectivity index (χ4v) is 7.59. The van der Waals surface area contributed by atoms with Crippen LogP contribution >= 0.6 is 7.82 Å². The Morgan fingerprint density at radius 3 is 1.32 bits per heavy atom. The van der Waals surface area contributed by atoms with Crippen LogP contribution in [0.3, 0.4) is 0 Å². The maximum Gasteiger partial charge on any atom is 0.306 e. The molecule has 0 spiro atoms. The molecule has 2 unspecified atom stereocenters. The minimum absolute atomic E-state index is 0.0132. The predicted molar refractivity (Wildman–Crippen MR) is 268 cm³/mol. The topological polar surface area (TPSA) is 94.1 Å². The van der Waals surface area contributed by atoms with E-state index in [4.69, 9.17) is 18.5 Å². The van der Waals surface area contributed by atoms with E-state index in [0.717, 1.165) is 70.6 Å². The van der Waals surface area contributed by atoms with E-state index in [1.807, 2.05) is 21.1 Å². The number of allylic oxidation sites excluding steroid dienone is 12. The van der Waals surface area contributed by atoms with Gasteiger partial charge in [-0.05, 0) is 57.8 Å². The molecule has 0 saturated carbocycles. The lowest BCUT2D eigenvalue weighted by molar-refractivity contribution is -0.870. The van der Waals surface area contributed by atoms with Gasteiger partial charge in [-0.15, -0.1) is 0 Å². The Morgan fingerprint density at radius 2 is 0.905 bits per heavy atom. The summed E-state index contributed by atoms with van der Waals surface area (Å²) < 4.78 is 34.6. The molecule has 0 aliphatic heterocycles. The molecule has 0 amide bonds. The number of hydrogen-bond acceptors (Lipinski definition) is 7. The number of hydrogen-bond donors (Lipinski definition) is 0. The number of likely N-dealkylation sites (N-methyl/N-ethyl adjacent to an activating group) is 1. The molecule has 0 aromatic carbocycles. The number of ether oxygens (including phenoxy) is 2. The summed E-state index contributed by atoms with van der Waals surface area (Å²) in [4.78, 5) is 25.2. The predicted octanol–water partition coefficient (Wildman–Crippen LogP) is 15.2. The van der Waals surface area contributed by atoms with Gasteiger partial charge in [0, 0.05) is 13.0 Å². The zero-order valence-electron chi connectivity index (χ0n) is 41.5. The van der Waals surface area contributed by atoms with Gasteiger partial charge in [0.15, 0.2) is 0 Å². The lowest BCUT2D eigenvalue weighted by atomic mass is 10.0. The number of nitrogens with zero attached hydrogens (tertiary/aromatic N) is 1. The second-order valence-corrected chi connectivity index (χ2v) is 19.6. The van der Waals surface area contributed by atoms with Crippen LogP contribution in [0.15, 0.2) is 72.9 Å². The monoisotopic (exact) mass is 904 g/mol. The fourth-order valence-electron chi connectivity index (χ4n) is 6.86. The van der Waals surface area contributed by atoms with Crippen LogP contribution in [0.2, 0.25) is 0 Å². The number of carbonyl (C=O) groups is 1. The van der Waals surface area contributed by atoms with Crippen molar-refractivity contribution in [2.45, 2.75) is 213 Å². The van der Waals surface area contributed by atoms with E-state index < -0.39 is 13.9 Å². The van der Waals surface area contributed by atoms with Crippen molar-refractivity contribution in [1.82, 2.24) is 0 Å². The number of esters is 1.